The lowest BCUT2D eigenvalue weighted by atomic mass is 10.0. The maximum Gasteiger partial charge on any atom is 0.403 e. The number of anilines is 3. The molecule has 1 aliphatic heterocycles. The lowest BCUT2D eigenvalue weighted by Gasteiger charge is -2.37. The van der Waals surface area contributed by atoms with Crippen LogP contribution in [0.2, 0.25) is 0 Å². The van der Waals surface area contributed by atoms with Gasteiger partial charge in [0.15, 0.2) is 11.6 Å². The maximum atomic E-state index is 13.4. The van der Waals surface area contributed by atoms with Crippen molar-refractivity contribution in [2.24, 2.45) is 11.3 Å². The number of alkyl halides is 3. The van der Waals surface area contributed by atoms with Crippen LogP contribution in [0, 0.1) is 11.3 Å². The number of hydrogen-bond acceptors (Lipinski definition) is 9. The lowest BCUT2D eigenvalue weighted by molar-refractivity contribution is -0.199. The van der Waals surface area contributed by atoms with Crippen LogP contribution in [0.3, 0.4) is 0 Å². The number of ether oxygens (including phenoxy) is 1. The van der Waals surface area contributed by atoms with Crippen molar-refractivity contribution < 1.29 is 22.7 Å². The molecule has 1 aromatic carbocycles. The molecule has 46 heavy (non-hydrogen) atoms. The third kappa shape index (κ3) is 5.93. The minimum atomic E-state index is -4.48. The molecule has 0 radical (unpaired) electrons. The predicted octanol–water partition coefficient (Wildman–Crippen LogP) is 5.00. The van der Waals surface area contributed by atoms with Crippen LogP contribution in [0.25, 0.3) is 22.3 Å². The van der Waals surface area contributed by atoms with Gasteiger partial charge in [-0.1, -0.05) is 6.07 Å². The quantitative estimate of drug-likeness (QED) is 0.249. The minimum Gasteiger partial charge on any atom is -0.491 e. The summed E-state index contributed by atoms with van der Waals surface area (Å²) in [5.74, 6) is 2.46. The molecule has 4 aromatic rings. The van der Waals surface area contributed by atoms with Crippen LogP contribution in [0.15, 0.2) is 42.9 Å². The molecule has 2 aliphatic carbocycles. The number of aromatic nitrogens is 5. The number of fused-ring (bicyclic) bond motifs is 1. The molecule has 2 saturated carbocycles. The number of nitrogens with one attached hydrogen (secondary N) is 2. The zero-order chi connectivity index (χ0) is 32.1. The highest BCUT2D eigenvalue weighted by Crippen LogP contribution is 2.58. The number of piperazine rings is 1. The first-order chi connectivity index (χ1) is 22.1. The molecule has 1 amide bonds. The fraction of sp³-hybridized carbons (Fsp3) is 0.469. The number of imidazole rings is 1. The Balaban J connectivity index is 1.00. The molecule has 2 N–H and O–H groups in total. The largest absolute Gasteiger partial charge is 0.491 e. The molecule has 11 nitrogen and oxygen atoms in total. The van der Waals surface area contributed by atoms with Crippen LogP contribution in [0.5, 0.6) is 5.75 Å². The van der Waals surface area contributed by atoms with Gasteiger partial charge in [-0.25, -0.2) is 19.9 Å². The first-order valence-electron chi connectivity index (χ1n) is 15.5. The molecule has 3 fully saturated rings. The number of rotatable bonds is 10. The fourth-order valence-electron chi connectivity index (χ4n) is 6.20. The molecule has 0 bridgehead atoms. The zero-order valence-corrected chi connectivity index (χ0v) is 25.8. The predicted molar refractivity (Wildman–Crippen MR) is 167 cm³/mol. The van der Waals surface area contributed by atoms with Gasteiger partial charge in [-0.2, -0.15) is 13.2 Å². The van der Waals surface area contributed by atoms with Crippen molar-refractivity contribution in [2.75, 3.05) is 57.1 Å². The van der Waals surface area contributed by atoms with Crippen LogP contribution < -0.4 is 15.0 Å². The first-order valence-corrected chi connectivity index (χ1v) is 15.5. The van der Waals surface area contributed by atoms with Gasteiger partial charge < -0.3 is 24.8 Å². The van der Waals surface area contributed by atoms with Crippen molar-refractivity contribution in [3.8, 4) is 17.0 Å². The van der Waals surface area contributed by atoms with Gasteiger partial charge in [0, 0.05) is 58.1 Å². The number of halogens is 3. The topological polar surface area (TPSA) is 115 Å². The second-order valence-electron chi connectivity index (χ2n) is 12.5. The van der Waals surface area contributed by atoms with E-state index in [1.807, 2.05) is 37.4 Å². The highest BCUT2D eigenvalue weighted by molar-refractivity contribution is 5.87. The van der Waals surface area contributed by atoms with Crippen molar-refractivity contribution in [1.29, 1.82) is 0 Å². The smallest absolute Gasteiger partial charge is 0.403 e. The summed E-state index contributed by atoms with van der Waals surface area (Å²) >= 11 is 0. The highest BCUT2D eigenvalue weighted by atomic mass is 19.4. The number of carbonyl (C=O) groups excluding carboxylic acids is 1. The molecule has 1 saturated heterocycles. The van der Waals surface area contributed by atoms with Gasteiger partial charge >= 0.3 is 6.18 Å². The Hall–Kier alpha value is -4.46. The Morgan fingerprint density at radius 3 is 2.59 bits per heavy atom. The van der Waals surface area contributed by atoms with Gasteiger partial charge in [-0.05, 0) is 61.4 Å². The average Bonchev–Trinajstić information content (AvgIpc) is 3.98. The van der Waals surface area contributed by atoms with Crippen LogP contribution in [0.1, 0.15) is 31.2 Å². The molecule has 3 aliphatic rings. The summed E-state index contributed by atoms with van der Waals surface area (Å²) in [5.41, 5.74) is 1.99. The van der Waals surface area contributed by atoms with Crippen molar-refractivity contribution >= 4 is 34.5 Å². The van der Waals surface area contributed by atoms with Gasteiger partial charge in [-0.15, -0.1) is 0 Å². The normalized spacial score (nSPS) is 18.1. The minimum absolute atomic E-state index is 0.107. The summed E-state index contributed by atoms with van der Waals surface area (Å²) in [6, 6.07) is 9.70. The molecule has 4 heterocycles. The summed E-state index contributed by atoms with van der Waals surface area (Å²) in [4.78, 5) is 39.7. The highest BCUT2D eigenvalue weighted by Gasteiger charge is 2.69. The summed E-state index contributed by atoms with van der Waals surface area (Å²) in [6.45, 7) is 3.10. The van der Waals surface area contributed by atoms with Crippen molar-refractivity contribution in [3.05, 3.63) is 48.4 Å². The average molecular weight is 636 g/mol. The zero-order valence-electron chi connectivity index (χ0n) is 25.8. The van der Waals surface area contributed by atoms with Gasteiger partial charge in [-0.3, -0.25) is 9.69 Å². The monoisotopic (exact) mass is 635 g/mol. The van der Waals surface area contributed by atoms with E-state index >= 15 is 0 Å². The van der Waals surface area contributed by atoms with E-state index in [9.17, 15) is 18.0 Å². The SMILES string of the molecule is COc1c(-c2ccc3nc(Nc4cc(CN5CCN(C(=O)C6(C(F)(F)F)CC6)CC5)ccn4)[nH]c3c2)ncnc1N(C)CC1CC1. The standard InChI is InChI=1S/C32H36F3N9O2/c1-42(17-20-3-4-20)28-27(46-2)26(37-19-38-28)22-5-6-23-24(16-22)40-30(39-23)41-25-15-21(7-10-36-25)18-43-11-13-44(14-12-43)29(45)31(8-9-31)32(33,34)35/h5-7,10,15-16,19-20H,3-4,8-9,11-14,17-18H2,1-2H3,(H2,36,39,40,41). The number of H-pyrrole nitrogens is 1. The summed E-state index contributed by atoms with van der Waals surface area (Å²) in [6.07, 6.45) is 1.07. The third-order valence-electron chi connectivity index (χ3n) is 9.17. The molecule has 14 heteroatoms. The summed E-state index contributed by atoms with van der Waals surface area (Å²) in [7, 11) is 3.66. The van der Waals surface area contributed by atoms with Crippen molar-refractivity contribution in [1.82, 2.24) is 34.7 Å². The van der Waals surface area contributed by atoms with Gasteiger partial charge in [0.25, 0.3) is 0 Å². The fourth-order valence-corrected chi connectivity index (χ4v) is 6.20. The number of carbonyl (C=O) groups is 1. The molecule has 0 spiro atoms. The molecule has 0 unspecified atom stereocenters. The van der Waals surface area contributed by atoms with E-state index in [1.165, 1.54) is 17.7 Å². The van der Waals surface area contributed by atoms with E-state index in [-0.39, 0.29) is 25.9 Å². The number of methoxy groups -OCH3 is 1. The Labute approximate surface area is 264 Å². The molecule has 3 aromatic heterocycles. The Bertz CT molecular complexity index is 1740. The van der Waals surface area contributed by atoms with Crippen LogP contribution >= 0.6 is 0 Å². The lowest BCUT2D eigenvalue weighted by Crippen LogP contribution is -2.52. The van der Waals surface area contributed by atoms with E-state index < -0.39 is 17.5 Å². The number of nitrogens with zero attached hydrogens (tertiary/aromatic N) is 7. The molecule has 0 atom stereocenters. The van der Waals surface area contributed by atoms with Gasteiger partial charge in [0.1, 0.15) is 23.3 Å². The maximum absolute atomic E-state index is 13.4. The molecule has 242 valence electrons. The number of amides is 1. The number of aromatic amines is 1. The van der Waals surface area contributed by atoms with Gasteiger partial charge in [0.2, 0.25) is 11.9 Å². The van der Waals surface area contributed by atoms with Crippen LogP contribution in [-0.2, 0) is 11.3 Å². The third-order valence-corrected chi connectivity index (χ3v) is 9.17. The van der Waals surface area contributed by atoms with E-state index in [0.29, 0.717) is 48.8 Å². The van der Waals surface area contributed by atoms with E-state index in [2.05, 4.69) is 40.0 Å². The number of pyridine rings is 1. The second-order valence-corrected chi connectivity index (χ2v) is 12.5. The van der Waals surface area contributed by atoms with Crippen LogP contribution in [0.4, 0.5) is 30.8 Å². The van der Waals surface area contributed by atoms with Gasteiger partial charge in [0.05, 0.1) is 18.1 Å². The van der Waals surface area contributed by atoms with E-state index in [4.69, 9.17) is 4.74 Å². The van der Waals surface area contributed by atoms with Crippen molar-refractivity contribution in [3.63, 3.8) is 0 Å². The van der Waals surface area contributed by atoms with E-state index in [1.54, 1.807) is 19.6 Å². The number of benzene rings is 1. The molecule has 7 rings (SSSR count). The Kier molecular flexibility index (Phi) is 7.70. The first kappa shape index (κ1) is 30.2. The Morgan fingerprint density at radius 1 is 1.11 bits per heavy atom. The summed E-state index contributed by atoms with van der Waals surface area (Å²) < 4.78 is 46.0. The Morgan fingerprint density at radius 2 is 1.89 bits per heavy atom. The molecular weight excluding hydrogens is 599 g/mol. The molecular formula is C32H36F3N9O2. The second kappa shape index (κ2) is 11.7. The van der Waals surface area contributed by atoms with Crippen molar-refractivity contribution in [2.45, 2.75) is 38.4 Å². The number of hydrogen-bond donors (Lipinski definition) is 2. The summed E-state index contributed by atoms with van der Waals surface area (Å²) in [5, 5.41) is 3.25. The van der Waals surface area contributed by atoms with E-state index in [0.717, 1.165) is 34.5 Å². The van der Waals surface area contributed by atoms with Crippen LogP contribution in [-0.4, -0.2) is 93.7 Å².